The third-order valence-electron chi connectivity index (χ3n) is 4.86. The van der Waals surface area contributed by atoms with Crippen molar-refractivity contribution in [3.05, 3.63) is 35.7 Å². The summed E-state index contributed by atoms with van der Waals surface area (Å²) in [6.07, 6.45) is 1.50. The first-order valence-corrected chi connectivity index (χ1v) is 9.72. The molecule has 3 heterocycles. The smallest absolute Gasteiger partial charge is 0.475 e. The Labute approximate surface area is 171 Å². The number of hydrogen-bond donors (Lipinski definition) is 1. The van der Waals surface area contributed by atoms with Gasteiger partial charge in [0, 0.05) is 51.0 Å². The lowest BCUT2D eigenvalue weighted by Gasteiger charge is -2.23. The van der Waals surface area contributed by atoms with Crippen molar-refractivity contribution in [1.29, 1.82) is 0 Å². The van der Waals surface area contributed by atoms with Gasteiger partial charge in [-0.2, -0.15) is 13.2 Å². The molecule has 1 unspecified atom stereocenters. The summed E-state index contributed by atoms with van der Waals surface area (Å²) >= 11 is 0. The second-order valence-corrected chi connectivity index (χ2v) is 7.79. The van der Waals surface area contributed by atoms with Gasteiger partial charge in [0.2, 0.25) is 0 Å². The number of halogens is 3. The van der Waals surface area contributed by atoms with Crippen LogP contribution in [0.2, 0.25) is 0 Å². The van der Waals surface area contributed by atoms with Gasteiger partial charge in [-0.05, 0) is 25.7 Å². The summed E-state index contributed by atoms with van der Waals surface area (Å²) in [6, 6.07) is 2.01. The minimum atomic E-state index is -5.08. The van der Waals surface area contributed by atoms with Crippen molar-refractivity contribution in [3.8, 4) is 0 Å². The van der Waals surface area contributed by atoms with Gasteiger partial charge in [-0.3, -0.25) is 4.90 Å². The van der Waals surface area contributed by atoms with E-state index in [-0.39, 0.29) is 0 Å². The topological polar surface area (TPSA) is 93.6 Å². The third-order valence-corrected chi connectivity index (χ3v) is 4.86. The maximum atomic E-state index is 10.6. The molecule has 1 fully saturated rings. The molecule has 11 heteroatoms. The highest BCUT2D eigenvalue weighted by Gasteiger charge is 2.38. The monoisotopic (exact) mass is 430 g/mol. The van der Waals surface area contributed by atoms with E-state index in [1.165, 1.54) is 18.5 Å². The number of carboxylic acids is 1. The Bertz CT molecular complexity index is 832. The van der Waals surface area contributed by atoms with Gasteiger partial charge in [-0.25, -0.2) is 9.78 Å². The molecule has 1 saturated carbocycles. The molecule has 0 spiro atoms. The van der Waals surface area contributed by atoms with E-state index in [2.05, 4.69) is 19.6 Å². The summed E-state index contributed by atoms with van der Waals surface area (Å²) < 4.78 is 45.1. The van der Waals surface area contributed by atoms with Crippen LogP contribution in [-0.2, 0) is 29.2 Å². The van der Waals surface area contributed by atoms with E-state index in [1.807, 2.05) is 25.5 Å². The first-order chi connectivity index (χ1) is 14.2. The van der Waals surface area contributed by atoms with Gasteiger partial charge >= 0.3 is 12.1 Å². The van der Waals surface area contributed by atoms with Crippen LogP contribution in [0.4, 0.5) is 13.2 Å². The molecule has 0 bridgehead atoms. The zero-order valence-corrected chi connectivity index (χ0v) is 16.6. The van der Waals surface area contributed by atoms with Gasteiger partial charge in [0.05, 0.1) is 24.3 Å². The van der Waals surface area contributed by atoms with Gasteiger partial charge in [0.15, 0.2) is 0 Å². The summed E-state index contributed by atoms with van der Waals surface area (Å²) in [4.78, 5) is 15.6. The molecule has 166 valence electrons. The first-order valence-electron chi connectivity index (χ1n) is 9.72. The number of hydrogen-bond acceptors (Lipinski definition) is 6. The summed E-state index contributed by atoms with van der Waals surface area (Å²) in [7, 11) is 0. The molecule has 1 aliphatic heterocycles. The van der Waals surface area contributed by atoms with Crippen molar-refractivity contribution in [2.24, 2.45) is 11.8 Å². The zero-order valence-electron chi connectivity index (χ0n) is 16.6. The van der Waals surface area contributed by atoms with E-state index >= 15 is 0 Å². The van der Waals surface area contributed by atoms with E-state index in [0.29, 0.717) is 5.92 Å². The molecule has 4 rings (SSSR count). The quantitative estimate of drug-likeness (QED) is 0.753. The Morgan fingerprint density at radius 1 is 1.30 bits per heavy atom. The van der Waals surface area contributed by atoms with Crippen molar-refractivity contribution in [1.82, 2.24) is 19.6 Å². The molecule has 1 atom stereocenters. The highest BCUT2D eigenvalue weighted by atomic mass is 19.4. The van der Waals surface area contributed by atoms with Crippen LogP contribution in [0.5, 0.6) is 0 Å². The summed E-state index contributed by atoms with van der Waals surface area (Å²) in [5, 5.41) is 11.3. The number of ether oxygens (including phenoxy) is 1. The van der Waals surface area contributed by atoms with Crippen LogP contribution in [0.3, 0.4) is 0 Å². The molecule has 30 heavy (non-hydrogen) atoms. The molecule has 0 radical (unpaired) electrons. The number of aryl methyl sites for hydroxylation is 1. The second-order valence-electron chi connectivity index (χ2n) is 7.79. The summed E-state index contributed by atoms with van der Waals surface area (Å²) in [5.74, 6) is -0.590. The van der Waals surface area contributed by atoms with Gasteiger partial charge in [0.25, 0.3) is 0 Å². The SMILES string of the molecule is Cc1cc(CN2Cc3cncn3CC(COCC3CC3)C2)no1.O=C(O)C(F)(F)F. The molecule has 0 amide bonds. The average Bonchev–Trinajstić information content (AvgIpc) is 3.29. The maximum absolute atomic E-state index is 10.6. The Hall–Kier alpha value is -2.40. The van der Waals surface area contributed by atoms with Crippen molar-refractivity contribution in [2.75, 3.05) is 19.8 Å². The van der Waals surface area contributed by atoms with E-state index in [0.717, 1.165) is 56.8 Å². The van der Waals surface area contributed by atoms with Crippen molar-refractivity contribution < 1.29 is 32.3 Å². The van der Waals surface area contributed by atoms with Crippen molar-refractivity contribution >= 4 is 5.97 Å². The van der Waals surface area contributed by atoms with Gasteiger partial charge < -0.3 is 18.9 Å². The second kappa shape index (κ2) is 9.61. The zero-order chi connectivity index (χ0) is 21.7. The fourth-order valence-electron chi connectivity index (χ4n) is 3.27. The Morgan fingerprint density at radius 2 is 2.00 bits per heavy atom. The average molecular weight is 430 g/mol. The van der Waals surface area contributed by atoms with Crippen molar-refractivity contribution in [2.45, 2.75) is 45.6 Å². The number of imidazole rings is 1. The lowest BCUT2D eigenvalue weighted by molar-refractivity contribution is -0.192. The predicted molar refractivity (Wildman–Crippen MR) is 98.3 cm³/mol. The number of carbonyl (C=O) groups is 1. The molecule has 0 saturated heterocycles. The minimum absolute atomic E-state index is 0.484. The standard InChI is InChI=1S/C17H24N4O2.C2HF3O2/c1-13-4-16(19-23-13)8-20-6-15(11-22-10-14-2-3-14)7-21-12-18-5-17(21)9-20;3-2(4,5)1(6)7/h4-5,12,14-15H,2-3,6-11H2,1H3;(H,6,7). The molecule has 1 aliphatic carbocycles. The number of aliphatic carboxylic acids is 1. The largest absolute Gasteiger partial charge is 0.490 e. The summed E-state index contributed by atoms with van der Waals surface area (Å²) in [5.41, 5.74) is 2.25. The lowest BCUT2D eigenvalue weighted by Crippen LogP contribution is -2.30. The van der Waals surface area contributed by atoms with Crippen LogP contribution >= 0.6 is 0 Å². The maximum Gasteiger partial charge on any atom is 0.490 e. The number of carboxylic acid groups (broad SMARTS) is 1. The molecule has 2 aromatic heterocycles. The summed E-state index contributed by atoms with van der Waals surface area (Å²) in [6.45, 7) is 7.38. The van der Waals surface area contributed by atoms with Crippen LogP contribution in [0.25, 0.3) is 0 Å². The van der Waals surface area contributed by atoms with E-state index in [1.54, 1.807) is 0 Å². The molecular weight excluding hydrogens is 405 g/mol. The minimum Gasteiger partial charge on any atom is -0.475 e. The van der Waals surface area contributed by atoms with Gasteiger partial charge in [-0.1, -0.05) is 5.16 Å². The highest BCUT2D eigenvalue weighted by molar-refractivity contribution is 5.73. The Morgan fingerprint density at radius 3 is 2.60 bits per heavy atom. The highest BCUT2D eigenvalue weighted by Crippen LogP contribution is 2.29. The van der Waals surface area contributed by atoms with Gasteiger partial charge in [0.1, 0.15) is 5.76 Å². The molecule has 2 aliphatic rings. The van der Waals surface area contributed by atoms with E-state index in [4.69, 9.17) is 19.2 Å². The fraction of sp³-hybridized carbons (Fsp3) is 0.632. The van der Waals surface area contributed by atoms with Crippen LogP contribution in [0, 0.1) is 18.8 Å². The molecule has 0 aromatic carbocycles. The van der Waals surface area contributed by atoms with Crippen molar-refractivity contribution in [3.63, 3.8) is 0 Å². The number of nitrogens with zero attached hydrogens (tertiary/aromatic N) is 4. The number of aromatic nitrogens is 3. The van der Waals surface area contributed by atoms with Gasteiger partial charge in [-0.15, -0.1) is 0 Å². The Kier molecular flexibility index (Phi) is 7.14. The normalized spacial score (nSPS) is 19.5. The molecule has 8 nitrogen and oxygen atoms in total. The first kappa shape index (κ1) is 22.3. The number of rotatable bonds is 6. The third kappa shape index (κ3) is 6.84. The molecule has 1 N–H and O–H groups in total. The van der Waals surface area contributed by atoms with E-state index in [9.17, 15) is 13.2 Å². The fourth-order valence-corrected chi connectivity index (χ4v) is 3.27. The number of alkyl halides is 3. The van der Waals surface area contributed by atoms with Crippen LogP contribution in [0.15, 0.2) is 23.1 Å². The van der Waals surface area contributed by atoms with Crippen LogP contribution in [-0.4, -0.2) is 56.6 Å². The molecular formula is C19H25F3N4O4. The lowest BCUT2D eigenvalue weighted by atomic mass is 10.1. The molecule has 2 aromatic rings. The Balaban J connectivity index is 0.000000318. The van der Waals surface area contributed by atoms with Crippen LogP contribution < -0.4 is 0 Å². The number of fused-ring (bicyclic) bond motifs is 1. The van der Waals surface area contributed by atoms with E-state index < -0.39 is 12.1 Å². The van der Waals surface area contributed by atoms with Crippen LogP contribution in [0.1, 0.15) is 30.0 Å². The predicted octanol–water partition coefficient (Wildman–Crippen LogP) is 2.87.